The van der Waals surface area contributed by atoms with Crippen molar-refractivity contribution in [1.29, 1.82) is 0 Å². The van der Waals surface area contributed by atoms with Gasteiger partial charge in [0.05, 0.1) is 13.2 Å². The summed E-state index contributed by atoms with van der Waals surface area (Å²) in [5.74, 6) is 0. The van der Waals surface area contributed by atoms with E-state index in [0.717, 1.165) is 31.6 Å². The molecule has 0 aliphatic heterocycles. The van der Waals surface area contributed by atoms with Gasteiger partial charge in [0, 0.05) is 18.6 Å². The second-order valence-corrected chi connectivity index (χ2v) is 3.89. The van der Waals surface area contributed by atoms with Gasteiger partial charge in [-0.05, 0) is 19.8 Å². The lowest BCUT2D eigenvalue weighted by Crippen LogP contribution is -2.49. The van der Waals surface area contributed by atoms with Crippen molar-refractivity contribution < 1.29 is 4.74 Å². The summed E-state index contributed by atoms with van der Waals surface area (Å²) in [6.07, 6.45) is 2.22. The maximum atomic E-state index is 5.66. The molecule has 0 bridgehead atoms. The van der Waals surface area contributed by atoms with Crippen molar-refractivity contribution in [2.75, 3.05) is 19.8 Å². The van der Waals surface area contributed by atoms with E-state index in [1.54, 1.807) is 0 Å². The normalized spacial score (nSPS) is 26.9. The fourth-order valence-corrected chi connectivity index (χ4v) is 1.41. The molecular weight excluding hydrogens is 164 g/mol. The highest BCUT2D eigenvalue weighted by atomic mass is 16.5. The Morgan fingerprint density at radius 3 is 2.85 bits per heavy atom. The lowest BCUT2D eigenvalue weighted by Gasteiger charge is -2.33. The van der Waals surface area contributed by atoms with Crippen molar-refractivity contribution >= 4 is 0 Å². The number of hydrogen-bond acceptors (Lipinski definition) is 3. The molecule has 1 rings (SSSR count). The molecule has 0 aromatic heterocycles. The van der Waals surface area contributed by atoms with Crippen molar-refractivity contribution in [2.45, 2.75) is 31.8 Å². The summed E-state index contributed by atoms with van der Waals surface area (Å²) < 4.78 is 5.35. The molecule has 0 aromatic carbocycles. The summed E-state index contributed by atoms with van der Waals surface area (Å²) in [6, 6.07) is 1.05. The molecule has 0 radical (unpaired) electrons. The molecular formula is C10H20N2O. The molecule has 1 fully saturated rings. The molecule has 1 saturated carbocycles. The molecule has 0 saturated heterocycles. The van der Waals surface area contributed by atoms with E-state index in [1.165, 1.54) is 0 Å². The minimum Gasteiger partial charge on any atom is -0.376 e. The smallest absolute Gasteiger partial charge is 0.0672 e. The molecule has 0 spiro atoms. The minimum atomic E-state index is 0.425. The van der Waals surface area contributed by atoms with Crippen LogP contribution in [0.25, 0.3) is 0 Å². The lowest BCUT2D eigenvalue weighted by atomic mass is 9.88. The van der Waals surface area contributed by atoms with Crippen LogP contribution >= 0.6 is 0 Å². The summed E-state index contributed by atoms with van der Waals surface area (Å²) in [4.78, 5) is 0. The number of nitrogens with two attached hydrogens (primary N) is 1. The van der Waals surface area contributed by atoms with Crippen molar-refractivity contribution in [3.63, 3.8) is 0 Å². The van der Waals surface area contributed by atoms with Gasteiger partial charge in [0.25, 0.3) is 0 Å². The Hall–Kier alpha value is -0.380. The molecule has 0 amide bonds. The predicted molar refractivity (Wildman–Crippen MR) is 54.6 cm³/mol. The van der Waals surface area contributed by atoms with Crippen LogP contribution in [0, 0.1) is 0 Å². The fourth-order valence-electron chi connectivity index (χ4n) is 1.41. The van der Waals surface area contributed by atoms with Crippen molar-refractivity contribution in [2.24, 2.45) is 5.73 Å². The summed E-state index contributed by atoms with van der Waals surface area (Å²) in [7, 11) is 0. The molecule has 0 aromatic rings. The van der Waals surface area contributed by atoms with Gasteiger partial charge in [0.1, 0.15) is 0 Å². The van der Waals surface area contributed by atoms with E-state index in [2.05, 4.69) is 11.9 Å². The minimum absolute atomic E-state index is 0.425. The van der Waals surface area contributed by atoms with Crippen LogP contribution in [0.1, 0.15) is 19.8 Å². The van der Waals surface area contributed by atoms with Crippen molar-refractivity contribution in [3.05, 3.63) is 12.2 Å². The number of ether oxygens (including phenoxy) is 1. The summed E-state index contributed by atoms with van der Waals surface area (Å²) >= 11 is 0. The first-order valence-corrected chi connectivity index (χ1v) is 4.89. The Bertz CT molecular complexity index is 164. The zero-order chi connectivity index (χ0) is 9.68. The second kappa shape index (κ2) is 5.37. The largest absolute Gasteiger partial charge is 0.376 e. The lowest BCUT2D eigenvalue weighted by molar-refractivity contribution is 0.149. The Morgan fingerprint density at radius 1 is 1.62 bits per heavy atom. The average Bonchev–Trinajstić information content (AvgIpc) is 1.99. The third kappa shape index (κ3) is 4.41. The van der Waals surface area contributed by atoms with Crippen LogP contribution in [0.3, 0.4) is 0 Å². The van der Waals surface area contributed by atoms with Gasteiger partial charge >= 0.3 is 0 Å². The van der Waals surface area contributed by atoms with Crippen LogP contribution in [-0.2, 0) is 4.74 Å². The van der Waals surface area contributed by atoms with E-state index in [1.807, 2.05) is 6.92 Å². The topological polar surface area (TPSA) is 47.3 Å². The Labute approximate surface area is 80.3 Å². The molecule has 0 atom stereocenters. The van der Waals surface area contributed by atoms with Crippen molar-refractivity contribution in [1.82, 2.24) is 5.32 Å². The molecule has 1 aliphatic carbocycles. The van der Waals surface area contributed by atoms with Crippen LogP contribution in [-0.4, -0.2) is 31.8 Å². The second-order valence-electron chi connectivity index (χ2n) is 3.89. The van der Waals surface area contributed by atoms with Gasteiger partial charge in [-0.2, -0.15) is 0 Å². The van der Waals surface area contributed by atoms with Crippen LogP contribution < -0.4 is 11.1 Å². The van der Waals surface area contributed by atoms with Gasteiger partial charge in [-0.25, -0.2) is 0 Å². The molecule has 76 valence electrons. The molecule has 0 unspecified atom stereocenters. The van der Waals surface area contributed by atoms with Crippen molar-refractivity contribution in [3.8, 4) is 0 Å². The van der Waals surface area contributed by atoms with Crippen LogP contribution in [0.15, 0.2) is 12.2 Å². The van der Waals surface area contributed by atoms with Gasteiger partial charge in [0.15, 0.2) is 0 Å². The standard InChI is InChI=1S/C10H20N2O/c1-8(2)7-13-4-3-12-10-5-9(11)6-10/h9-10,12H,1,3-7,11H2,2H3. The quantitative estimate of drug-likeness (QED) is 0.471. The SMILES string of the molecule is C=C(C)COCCNC1CC(N)C1. The number of rotatable bonds is 6. The monoisotopic (exact) mass is 184 g/mol. The van der Waals surface area contributed by atoms with E-state index in [0.29, 0.717) is 18.7 Å². The molecule has 3 heteroatoms. The molecule has 1 aliphatic rings. The van der Waals surface area contributed by atoms with Gasteiger partial charge in [-0.3, -0.25) is 0 Å². The zero-order valence-electron chi connectivity index (χ0n) is 8.38. The first-order chi connectivity index (χ1) is 6.18. The predicted octanol–water partition coefficient (Wildman–Crippen LogP) is 0.658. The highest BCUT2D eigenvalue weighted by Crippen LogP contribution is 2.16. The Kier molecular flexibility index (Phi) is 4.42. The number of nitrogens with one attached hydrogen (secondary N) is 1. The van der Waals surface area contributed by atoms with E-state index in [4.69, 9.17) is 10.5 Å². The average molecular weight is 184 g/mol. The third-order valence-corrected chi connectivity index (χ3v) is 2.20. The van der Waals surface area contributed by atoms with E-state index >= 15 is 0 Å². The van der Waals surface area contributed by atoms with Gasteiger partial charge < -0.3 is 15.8 Å². The molecule has 0 heterocycles. The first kappa shape index (κ1) is 10.7. The van der Waals surface area contributed by atoms with Crippen LogP contribution in [0.4, 0.5) is 0 Å². The van der Waals surface area contributed by atoms with Gasteiger partial charge in [-0.1, -0.05) is 12.2 Å². The van der Waals surface area contributed by atoms with Gasteiger partial charge in [-0.15, -0.1) is 0 Å². The highest BCUT2D eigenvalue weighted by Gasteiger charge is 2.24. The summed E-state index contributed by atoms with van der Waals surface area (Å²) in [6.45, 7) is 8.09. The fraction of sp³-hybridized carbons (Fsp3) is 0.800. The summed E-state index contributed by atoms with van der Waals surface area (Å²) in [5, 5.41) is 3.39. The maximum absolute atomic E-state index is 5.66. The first-order valence-electron chi connectivity index (χ1n) is 4.89. The van der Waals surface area contributed by atoms with E-state index < -0.39 is 0 Å². The summed E-state index contributed by atoms with van der Waals surface area (Å²) in [5.41, 5.74) is 6.73. The van der Waals surface area contributed by atoms with Gasteiger partial charge in [0.2, 0.25) is 0 Å². The molecule has 13 heavy (non-hydrogen) atoms. The highest BCUT2D eigenvalue weighted by molar-refractivity contribution is 4.88. The third-order valence-electron chi connectivity index (χ3n) is 2.20. The Morgan fingerprint density at radius 2 is 2.31 bits per heavy atom. The van der Waals surface area contributed by atoms with E-state index in [-0.39, 0.29) is 0 Å². The maximum Gasteiger partial charge on any atom is 0.0672 e. The molecule has 3 N–H and O–H groups in total. The van der Waals surface area contributed by atoms with Crippen LogP contribution in [0.2, 0.25) is 0 Å². The zero-order valence-corrected chi connectivity index (χ0v) is 8.38. The van der Waals surface area contributed by atoms with E-state index in [9.17, 15) is 0 Å². The van der Waals surface area contributed by atoms with Crippen LogP contribution in [0.5, 0.6) is 0 Å². The Balaban J connectivity index is 1.82. The molecule has 3 nitrogen and oxygen atoms in total. The number of hydrogen-bond donors (Lipinski definition) is 2.